The van der Waals surface area contributed by atoms with E-state index in [-0.39, 0.29) is 17.1 Å². The van der Waals surface area contributed by atoms with Crippen molar-refractivity contribution in [1.29, 1.82) is 0 Å². The lowest BCUT2D eigenvalue weighted by atomic mass is 10.1. The van der Waals surface area contributed by atoms with Crippen LogP contribution in [0.2, 0.25) is 0 Å². The molecule has 0 bridgehead atoms. The number of thiazole rings is 1. The first-order valence-corrected chi connectivity index (χ1v) is 16.5. The van der Waals surface area contributed by atoms with Crippen molar-refractivity contribution >= 4 is 56.3 Å². The molecule has 49 heavy (non-hydrogen) atoms. The number of aromatic nitrogens is 1. The van der Waals surface area contributed by atoms with E-state index in [0.29, 0.717) is 23.4 Å². The number of alkyl halides is 3. The molecular formula is C37H49F3N4O4S. The second-order valence-electron chi connectivity index (χ2n) is 10.8. The normalized spacial score (nSPS) is 10.2. The van der Waals surface area contributed by atoms with E-state index in [1.807, 2.05) is 74.4 Å². The standard InChI is InChI=1S/C25H21F3N4O2S.C5H10O2.C3H6.2C2H6/c1-14-7-9-18(29-22(33)15-5-4-6-17(11-15)25(26,27)28)13-20(14)30-23(34)16-8-10-19-21(12-16)35-24(31-19)32(2)3;1-5(2,3)7-4-6;1-3-2;2*1-2/h4-13H,1-3H3,(H,29,33)(H,30,34);4H,1-3H3;3H,1H2,2H3;2*1-2H3. The second-order valence-corrected chi connectivity index (χ2v) is 11.8. The minimum Gasteiger partial charge on any atom is -0.462 e. The van der Waals surface area contributed by atoms with Crippen LogP contribution in [0.1, 0.15) is 87.2 Å². The molecule has 4 aromatic rings. The number of rotatable bonds is 6. The van der Waals surface area contributed by atoms with Crippen molar-refractivity contribution in [2.24, 2.45) is 0 Å². The summed E-state index contributed by atoms with van der Waals surface area (Å²) in [6.07, 6.45) is -2.80. The number of benzene rings is 3. The zero-order valence-electron chi connectivity index (χ0n) is 30.2. The number of fused-ring (bicyclic) bond motifs is 1. The van der Waals surface area contributed by atoms with Crippen LogP contribution >= 0.6 is 11.3 Å². The zero-order valence-corrected chi connectivity index (χ0v) is 31.0. The summed E-state index contributed by atoms with van der Waals surface area (Å²) in [6.45, 7) is 21.0. The van der Waals surface area contributed by atoms with Crippen LogP contribution < -0.4 is 15.5 Å². The molecule has 0 unspecified atom stereocenters. The number of nitrogens with one attached hydrogen (secondary N) is 2. The fraction of sp³-hybridized carbons (Fsp3) is 0.351. The molecule has 0 atom stereocenters. The number of hydrogen-bond acceptors (Lipinski definition) is 7. The van der Waals surface area contributed by atoms with Crippen LogP contribution in [0.5, 0.6) is 0 Å². The summed E-state index contributed by atoms with van der Waals surface area (Å²) in [5, 5.41) is 6.26. The monoisotopic (exact) mass is 702 g/mol. The molecule has 2 amide bonds. The number of hydrogen-bond donors (Lipinski definition) is 2. The predicted octanol–water partition coefficient (Wildman–Crippen LogP) is 10.4. The van der Waals surface area contributed by atoms with Gasteiger partial charge in [0.05, 0.1) is 15.8 Å². The number of allylic oxidation sites excluding steroid dienone is 1. The van der Waals surface area contributed by atoms with Gasteiger partial charge in [-0.15, -0.1) is 6.58 Å². The topological polar surface area (TPSA) is 101 Å². The maximum atomic E-state index is 13.0. The van der Waals surface area contributed by atoms with Gasteiger partial charge < -0.3 is 20.3 Å². The molecule has 0 radical (unpaired) electrons. The van der Waals surface area contributed by atoms with Gasteiger partial charge in [0.1, 0.15) is 5.60 Å². The Morgan fingerprint density at radius 2 is 1.47 bits per heavy atom. The van der Waals surface area contributed by atoms with Crippen LogP contribution in [0.4, 0.5) is 29.7 Å². The van der Waals surface area contributed by atoms with Crippen molar-refractivity contribution in [2.75, 3.05) is 29.6 Å². The van der Waals surface area contributed by atoms with Gasteiger partial charge in [0.15, 0.2) is 5.13 Å². The van der Waals surface area contributed by atoms with E-state index >= 15 is 0 Å². The Morgan fingerprint density at radius 3 is 1.98 bits per heavy atom. The zero-order chi connectivity index (χ0) is 37.9. The van der Waals surface area contributed by atoms with Crippen LogP contribution in [0.3, 0.4) is 0 Å². The molecule has 0 fully saturated rings. The quantitative estimate of drug-likeness (QED) is 0.153. The Morgan fingerprint density at radius 1 is 0.898 bits per heavy atom. The van der Waals surface area contributed by atoms with Gasteiger partial charge in [-0.25, -0.2) is 4.98 Å². The first-order valence-electron chi connectivity index (χ1n) is 15.7. The third-order valence-corrected chi connectivity index (χ3v) is 6.81. The summed E-state index contributed by atoms with van der Waals surface area (Å²) in [4.78, 5) is 41.4. The first kappa shape index (κ1) is 44.3. The molecule has 0 spiro atoms. The minimum atomic E-state index is -4.55. The average Bonchev–Trinajstić information content (AvgIpc) is 3.49. The maximum absolute atomic E-state index is 13.0. The number of halogens is 3. The van der Waals surface area contributed by atoms with E-state index in [0.717, 1.165) is 33.0 Å². The van der Waals surface area contributed by atoms with Crippen molar-refractivity contribution in [3.63, 3.8) is 0 Å². The van der Waals surface area contributed by atoms with E-state index in [9.17, 15) is 27.6 Å². The van der Waals surface area contributed by atoms with Crippen LogP contribution in [0, 0.1) is 6.92 Å². The third kappa shape index (κ3) is 15.4. The molecule has 8 nitrogen and oxygen atoms in total. The third-order valence-electron chi connectivity index (χ3n) is 5.62. The lowest BCUT2D eigenvalue weighted by molar-refractivity contribution is -0.139. The summed E-state index contributed by atoms with van der Waals surface area (Å²) in [5.41, 5.74) is 1.46. The van der Waals surface area contributed by atoms with Crippen molar-refractivity contribution in [3.05, 3.63) is 95.6 Å². The van der Waals surface area contributed by atoms with E-state index in [4.69, 9.17) is 0 Å². The van der Waals surface area contributed by atoms with Gasteiger partial charge in [-0.1, -0.05) is 57.2 Å². The molecule has 12 heteroatoms. The number of carbonyl (C=O) groups is 3. The number of nitrogens with zero attached hydrogens (tertiary/aromatic N) is 2. The summed E-state index contributed by atoms with van der Waals surface area (Å²) in [7, 11) is 3.79. The van der Waals surface area contributed by atoms with Crippen molar-refractivity contribution in [2.45, 2.75) is 74.1 Å². The Balaban J connectivity index is 0.00000141. The highest BCUT2D eigenvalue weighted by atomic mass is 32.1. The molecule has 0 saturated carbocycles. The lowest BCUT2D eigenvalue weighted by Gasteiger charge is -2.14. The van der Waals surface area contributed by atoms with Gasteiger partial charge in [-0.05, 0) is 88.7 Å². The summed E-state index contributed by atoms with van der Waals surface area (Å²) in [5.74, 6) is -1.03. The Hall–Kier alpha value is -4.71. The van der Waals surface area contributed by atoms with Crippen molar-refractivity contribution in [3.8, 4) is 0 Å². The van der Waals surface area contributed by atoms with Gasteiger partial charge in [-0.2, -0.15) is 13.2 Å². The van der Waals surface area contributed by atoms with Gasteiger partial charge in [0, 0.05) is 36.6 Å². The molecule has 2 N–H and O–H groups in total. The van der Waals surface area contributed by atoms with Gasteiger partial charge in [0.25, 0.3) is 18.3 Å². The molecule has 0 saturated heterocycles. The highest BCUT2D eigenvalue weighted by molar-refractivity contribution is 7.22. The number of ether oxygens (including phenoxy) is 1. The van der Waals surface area contributed by atoms with Gasteiger partial charge in [-0.3, -0.25) is 14.4 Å². The van der Waals surface area contributed by atoms with Gasteiger partial charge >= 0.3 is 6.18 Å². The highest BCUT2D eigenvalue weighted by Gasteiger charge is 2.31. The molecule has 268 valence electrons. The summed E-state index contributed by atoms with van der Waals surface area (Å²) < 4.78 is 44.3. The largest absolute Gasteiger partial charge is 0.462 e. The molecule has 4 rings (SSSR count). The Bertz CT molecular complexity index is 1640. The average molecular weight is 703 g/mol. The number of carbonyl (C=O) groups excluding carboxylic acids is 3. The molecule has 1 aromatic heterocycles. The maximum Gasteiger partial charge on any atom is 0.416 e. The first-order chi connectivity index (χ1) is 23.0. The number of aryl methyl sites for hydroxylation is 1. The Kier molecular flexibility index (Phi) is 19.3. The molecule has 3 aromatic carbocycles. The van der Waals surface area contributed by atoms with E-state index in [2.05, 4.69) is 26.9 Å². The van der Waals surface area contributed by atoms with Crippen LogP contribution in [0.15, 0.2) is 73.3 Å². The SMILES string of the molecule is C=CC.CC.CC.CC(C)(C)OC=O.Cc1ccc(NC(=O)c2cccc(C(F)(F)F)c2)cc1NC(=O)c1ccc2nc(N(C)C)sc2c1. The minimum absolute atomic E-state index is 0.124. The van der Waals surface area contributed by atoms with Crippen LogP contribution in [-0.4, -0.2) is 43.0 Å². The molecule has 1 heterocycles. The molecule has 0 aliphatic carbocycles. The van der Waals surface area contributed by atoms with E-state index in [1.54, 1.807) is 49.4 Å². The summed E-state index contributed by atoms with van der Waals surface area (Å²) >= 11 is 1.47. The predicted molar refractivity (Wildman–Crippen MR) is 198 cm³/mol. The van der Waals surface area contributed by atoms with Crippen molar-refractivity contribution in [1.82, 2.24) is 4.98 Å². The van der Waals surface area contributed by atoms with Crippen LogP contribution in [0.25, 0.3) is 10.2 Å². The summed E-state index contributed by atoms with van der Waals surface area (Å²) in [6, 6.07) is 14.3. The molecule has 0 aliphatic heterocycles. The fourth-order valence-electron chi connectivity index (χ4n) is 3.46. The number of amides is 2. The Labute approximate surface area is 292 Å². The number of anilines is 3. The smallest absolute Gasteiger partial charge is 0.416 e. The molecular weight excluding hydrogens is 653 g/mol. The highest BCUT2D eigenvalue weighted by Crippen LogP contribution is 2.31. The fourth-order valence-corrected chi connectivity index (χ4v) is 4.39. The second kappa shape index (κ2) is 21.3. The van der Waals surface area contributed by atoms with Crippen molar-refractivity contribution < 1.29 is 32.3 Å². The van der Waals surface area contributed by atoms with Crippen LogP contribution in [-0.2, 0) is 15.7 Å². The van der Waals surface area contributed by atoms with E-state index < -0.39 is 17.6 Å². The van der Waals surface area contributed by atoms with Gasteiger partial charge in [0.2, 0.25) is 0 Å². The molecule has 0 aliphatic rings. The van der Waals surface area contributed by atoms with E-state index in [1.165, 1.54) is 23.5 Å². The lowest BCUT2D eigenvalue weighted by Crippen LogP contribution is -2.17.